The molecule has 23 heavy (non-hydrogen) atoms. The molecule has 0 amide bonds. The molecule has 0 atom stereocenters. The molecule has 0 bridgehead atoms. The number of benzene rings is 2. The van der Waals surface area contributed by atoms with E-state index < -0.39 is 0 Å². The fraction of sp³-hybridized carbons (Fsp3) is 0.118. The number of rotatable bonds is 3. The van der Waals surface area contributed by atoms with E-state index in [1.54, 1.807) is 0 Å². The maximum absolute atomic E-state index is 13.0. The van der Waals surface area contributed by atoms with E-state index in [0.29, 0.717) is 18.0 Å². The molecule has 4 aromatic rings. The Hall–Kier alpha value is -3.15. The lowest BCUT2D eigenvalue weighted by atomic mass is 10.3. The first kappa shape index (κ1) is 13.5. The topological polar surface area (TPSA) is 64.2 Å². The first-order valence-electron chi connectivity index (χ1n) is 7.49. The van der Waals surface area contributed by atoms with Crippen molar-refractivity contribution in [3.8, 4) is 0 Å². The molecule has 0 aliphatic carbocycles. The van der Waals surface area contributed by atoms with Gasteiger partial charge in [0.1, 0.15) is 5.82 Å². The first-order valence-corrected chi connectivity index (χ1v) is 7.49. The predicted molar refractivity (Wildman–Crippen MR) is 89.6 cm³/mol. The molecule has 6 nitrogen and oxygen atoms in total. The predicted octanol–water partition coefficient (Wildman–Crippen LogP) is 2.48. The number of nitrogens with zero attached hydrogens (tertiary/aromatic N) is 4. The molecule has 0 aliphatic heterocycles. The van der Waals surface area contributed by atoms with Crippen molar-refractivity contribution in [2.75, 3.05) is 5.43 Å². The van der Waals surface area contributed by atoms with Crippen molar-refractivity contribution in [3.05, 3.63) is 70.9 Å². The van der Waals surface area contributed by atoms with E-state index >= 15 is 0 Å². The van der Waals surface area contributed by atoms with Gasteiger partial charge in [-0.3, -0.25) is 5.43 Å². The van der Waals surface area contributed by atoms with Crippen LogP contribution in [0.2, 0.25) is 0 Å². The van der Waals surface area contributed by atoms with Gasteiger partial charge in [-0.25, -0.2) is 14.2 Å². The van der Waals surface area contributed by atoms with Crippen LogP contribution in [0, 0.1) is 0 Å². The summed E-state index contributed by atoms with van der Waals surface area (Å²) in [6.45, 7) is 1.96. The lowest BCUT2D eigenvalue weighted by Gasteiger charge is -2.13. The van der Waals surface area contributed by atoms with Crippen LogP contribution in [0.3, 0.4) is 0 Å². The standard InChI is InChI=1S/C17H15N5O/c1-2-15-19-16-18-13-10-6-7-11-14(13)21(16)17(23)22(15)20-12-8-4-3-5-9-12/h3-11,20H,2H2,1H3. The summed E-state index contributed by atoms with van der Waals surface area (Å²) in [4.78, 5) is 22.0. The number of imidazole rings is 1. The van der Waals surface area contributed by atoms with Crippen LogP contribution in [-0.2, 0) is 6.42 Å². The van der Waals surface area contributed by atoms with E-state index in [9.17, 15) is 4.79 Å². The molecule has 0 saturated carbocycles. The quantitative estimate of drug-likeness (QED) is 0.631. The number of aromatic nitrogens is 4. The van der Waals surface area contributed by atoms with Crippen molar-refractivity contribution in [1.29, 1.82) is 0 Å². The number of nitrogens with one attached hydrogen (secondary N) is 1. The number of fused-ring (bicyclic) bond motifs is 3. The molecule has 114 valence electrons. The Labute approximate surface area is 132 Å². The number of para-hydroxylation sites is 3. The lowest BCUT2D eigenvalue weighted by Crippen LogP contribution is -2.35. The van der Waals surface area contributed by atoms with Gasteiger partial charge >= 0.3 is 5.69 Å². The Kier molecular flexibility index (Phi) is 3.08. The molecular weight excluding hydrogens is 290 g/mol. The van der Waals surface area contributed by atoms with Gasteiger partial charge in [0.05, 0.1) is 16.7 Å². The maximum atomic E-state index is 13.0. The Morgan fingerprint density at radius 1 is 1.00 bits per heavy atom. The van der Waals surface area contributed by atoms with Gasteiger partial charge in [-0.15, -0.1) is 0 Å². The highest BCUT2D eigenvalue weighted by atomic mass is 16.2. The van der Waals surface area contributed by atoms with E-state index in [2.05, 4.69) is 15.4 Å². The second-order valence-electron chi connectivity index (χ2n) is 5.21. The molecule has 4 rings (SSSR count). The molecule has 2 aromatic heterocycles. The van der Waals surface area contributed by atoms with E-state index in [1.807, 2.05) is 61.5 Å². The number of aryl methyl sites for hydroxylation is 1. The second-order valence-corrected chi connectivity index (χ2v) is 5.21. The Balaban J connectivity index is 2.00. The van der Waals surface area contributed by atoms with Crippen LogP contribution in [0.25, 0.3) is 16.8 Å². The molecule has 6 heteroatoms. The van der Waals surface area contributed by atoms with Gasteiger partial charge in [-0.2, -0.15) is 9.66 Å². The van der Waals surface area contributed by atoms with Crippen LogP contribution >= 0.6 is 0 Å². The third-order valence-corrected chi connectivity index (χ3v) is 3.74. The molecule has 0 saturated heterocycles. The minimum absolute atomic E-state index is 0.204. The van der Waals surface area contributed by atoms with Gasteiger partial charge < -0.3 is 0 Å². The monoisotopic (exact) mass is 305 g/mol. The summed E-state index contributed by atoms with van der Waals surface area (Å²) in [5.41, 5.74) is 5.27. The normalized spacial score (nSPS) is 11.2. The third kappa shape index (κ3) is 2.15. The van der Waals surface area contributed by atoms with Crippen LogP contribution in [-0.4, -0.2) is 19.0 Å². The summed E-state index contributed by atoms with van der Waals surface area (Å²) in [5.74, 6) is 1.07. The van der Waals surface area contributed by atoms with Crippen molar-refractivity contribution in [3.63, 3.8) is 0 Å². The highest BCUT2D eigenvalue weighted by Crippen LogP contribution is 2.14. The number of anilines is 1. The molecule has 0 fully saturated rings. The molecular formula is C17H15N5O. The average molecular weight is 305 g/mol. The smallest absolute Gasteiger partial charge is 0.289 e. The summed E-state index contributed by atoms with van der Waals surface area (Å²) in [6.07, 6.45) is 0.620. The van der Waals surface area contributed by atoms with Crippen LogP contribution in [0.5, 0.6) is 0 Å². The van der Waals surface area contributed by atoms with Gasteiger partial charge in [0.15, 0.2) is 0 Å². The molecule has 0 spiro atoms. The fourth-order valence-corrected chi connectivity index (χ4v) is 2.64. The van der Waals surface area contributed by atoms with E-state index in [1.165, 1.54) is 9.08 Å². The van der Waals surface area contributed by atoms with E-state index in [-0.39, 0.29) is 5.69 Å². The molecule has 0 aliphatic rings. The van der Waals surface area contributed by atoms with Crippen LogP contribution in [0.15, 0.2) is 59.4 Å². The Bertz CT molecular complexity index is 1050. The van der Waals surface area contributed by atoms with Crippen molar-refractivity contribution in [1.82, 2.24) is 19.0 Å². The minimum atomic E-state index is -0.204. The zero-order valence-corrected chi connectivity index (χ0v) is 12.6. The van der Waals surface area contributed by atoms with Gasteiger partial charge in [0.2, 0.25) is 5.78 Å². The summed E-state index contributed by atoms with van der Waals surface area (Å²) < 4.78 is 3.01. The molecule has 0 unspecified atom stereocenters. The van der Waals surface area contributed by atoms with Gasteiger partial charge in [-0.1, -0.05) is 37.3 Å². The number of hydrogen-bond donors (Lipinski definition) is 1. The fourth-order valence-electron chi connectivity index (χ4n) is 2.64. The van der Waals surface area contributed by atoms with Crippen molar-refractivity contribution in [2.45, 2.75) is 13.3 Å². The molecule has 2 aromatic carbocycles. The summed E-state index contributed by atoms with van der Waals surface area (Å²) in [6, 6.07) is 17.1. The SMILES string of the molecule is CCc1nc2nc3ccccc3n2c(=O)n1Nc1ccccc1. The number of hydrogen-bond acceptors (Lipinski definition) is 4. The zero-order chi connectivity index (χ0) is 15.8. The highest BCUT2D eigenvalue weighted by molar-refractivity contribution is 5.79. The van der Waals surface area contributed by atoms with Crippen LogP contribution in [0.1, 0.15) is 12.7 Å². The molecule has 0 radical (unpaired) electrons. The Morgan fingerprint density at radius 3 is 2.52 bits per heavy atom. The van der Waals surface area contributed by atoms with Gasteiger partial charge in [0, 0.05) is 6.42 Å². The highest BCUT2D eigenvalue weighted by Gasteiger charge is 2.14. The van der Waals surface area contributed by atoms with Crippen LogP contribution < -0.4 is 11.1 Å². The summed E-state index contributed by atoms with van der Waals surface area (Å²) in [5, 5.41) is 0. The first-order chi connectivity index (χ1) is 11.3. The van der Waals surface area contributed by atoms with E-state index in [0.717, 1.165) is 16.7 Å². The van der Waals surface area contributed by atoms with Crippen molar-refractivity contribution in [2.24, 2.45) is 0 Å². The van der Waals surface area contributed by atoms with Gasteiger partial charge in [-0.05, 0) is 24.3 Å². The largest absolute Gasteiger partial charge is 0.356 e. The van der Waals surface area contributed by atoms with Crippen molar-refractivity contribution < 1.29 is 0 Å². The second kappa shape index (κ2) is 5.24. The summed E-state index contributed by atoms with van der Waals surface area (Å²) in [7, 11) is 0. The Morgan fingerprint density at radius 2 is 1.74 bits per heavy atom. The molecule has 2 heterocycles. The lowest BCUT2D eigenvalue weighted by molar-refractivity contribution is 0.720. The zero-order valence-electron chi connectivity index (χ0n) is 12.6. The minimum Gasteiger partial charge on any atom is -0.289 e. The van der Waals surface area contributed by atoms with E-state index in [4.69, 9.17) is 0 Å². The summed E-state index contributed by atoms with van der Waals surface area (Å²) >= 11 is 0. The van der Waals surface area contributed by atoms with Crippen molar-refractivity contribution >= 4 is 22.5 Å². The average Bonchev–Trinajstić information content (AvgIpc) is 2.96. The molecule has 1 N–H and O–H groups in total. The maximum Gasteiger partial charge on any atom is 0.356 e. The van der Waals surface area contributed by atoms with Crippen LogP contribution in [0.4, 0.5) is 5.69 Å². The van der Waals surface area contributed by atoms with Gasteiger partial charge in [0.25, 0.3) is 0 Å². The third-order valence-electron chi connectivity index (χ3n) is 3.74.